The molecular formula is C14H22N4O2. The number of aromatic nitrogens is 2. The van der Waals surface area contributed by atoms with Gasteiger partial charge in [-0.25, -0.2) is 4.98 Å². The lowest BCUT2D eigenvalue weighted by Crippen LogP contribution is -2.46. The second-order valence-corrected chi connectivity index (χ2v) is 5.84. The lowest BCUT2D eigenvalue weighted by Gasteiger charge is -2.32. The van der Waals surface area contributed by atoms with Crippen LogP contribution in [0.3, 0.4) is 0 Å². The molecule has 6 heteroatoms. The fraction of sp³-hybridized carbons (Fsp3) is 0.714. The highest BCUT2D eigenvalue weighted by molar-refractivity contribution is 5.78. The number of piperidine rings is 1. The van der Waals surface area contributed by atoms with Gasteiger partial charge in [-0.3, -0.25) is 9.69 Å². The summed E-state index contributed by atoms with van der Waals surface area (Å²) >= 11 is 0. The van der Waals surface area contributed by atoms with E-state index in [0.29, 0.717) is 19.6 Å². The molecule has 0 aliphatic carbocycles. The maximum absolute atomic E-state index is 12.4. The predicted molar refractivity (Wildman–Crippen MR) is 74.1 cm³/mol. The molecule has 3 heterocycles. The molecule has 1 fully saturated rings. The maximum Gasteiger partial charge on any atom is 0.237 e. The minimum Gasteiger partial charge on any atom is -0.392 e. The average Bonchev–Trinajstić information content (AvgIpc) is 2.77. The SMILES string of the molecule is Cc1nc2c([nH]1)CN(C(=O)CN1CCCC(O)C1)CC2. The number of β-amino-alcohol motifs (C(OH)–C–C–N with tert-alkyl or cyclic N) is 1. The number of nitrogens with one attached hydrogen (secondary N) is 1. The Balaban J connectivity index is 1.58. The Kier molecular flexibility index (Phi) is 3.76. The Bertz CT molecular complexity index is 499. The summed E-state index contributed by atoms with van der Waals surface area (Å²) in [5.41, 5.74) is 2.17. The third kappa shape index (κ3) is 2.86. The summed E-state index contributed by atoms with van der Waals surface area (Å²) in [7, 11) is 0. The molecule has 110 valence electrons. The number of aliphatic hydroxyl groups is 1. The van der Waals surface area contributed by atoms with Crippen LogP contribution in [0.15, 0.2) is 0 Å². The van der Waals surface area contributed by atoms with Crippen LogP contribution >= 0.6 is 0 Å². The van der Waals surface area contributed by atoms with Crippen molar-refractivity contribution in [2.75, 3.05) is 26.2 Å². The fourth-order valence-corrected chi connectivity index (χ4v) is 3.12. The van der Waals surface area contributed by atoms with Crippen molar-refractivity contribution in [2.24, 2.45) is 0 Å². The van der Waals surface area contributed by atoms with Crippen molar-refractivity contribution in [3.8, 4) is 0 Å². The number of aromatic amines is 1. The lowest BCUT2D eigenvalue weighted by molar-refractivity contribution is -0.134. The first-order valence-corrected chi connectivity index (χ1v) is 7.34. The second-order valence-electron chi connectivity index (χ2n) is 5.84. The number of hydrogen-bond donors (Lipinski definition) is 2. The summed E-state index contributed by atoms with van der Waals surface area (Å²) in [5, 5.41) is 9.66. The highest BCUT2D eigenvalue weighted by atomic mass is 16.3. The smallest absolute Gasteiger partial charge is 0.237 e. The van der Waals surface area contributed by atoms with Crippen LogP contribution in [-0.2, 0) is 17.8 Å². The van der Waals surface area contributed by atoms with Gasteiger partial charge in [0.1, 0.15) is 5.82 Å². The zero-order valence-electron chi connectivity index (χ0n) is 11.9. The van der Waals surface area contributed by atoms with Gasteiger partial charge in [0.15, 0.2) is 0 Å². The van der Waals surface area contributed by atoms with Crippen molar-refractivity contribution in [1.82, 2.24) is 19.8 Å². The second kappa shape index (κ2) is 5.54. The molecule has 0 radical (unpaired) electrons. The largest absolute Gasteiger partial charge is 0.392 e. The Labute approximate surface area is 118 Å². The Morgan fingerprint density at radius 2 is 2.35 bits per heavy atom. The van der Waals surface area contributed by atoms with Crippen molar-refractivity contribution >= 4 is 5.91 Å². The number of rotatable bonds is 2. The monoisotopic (exact) mass is 278 g/mol. The average molecular weight is 278 g/mol. The first-order valence-electron chi connectivity index (χ1n) is 7.34. The zero-order valence-corrected chi connectivity index (χ0v) is 11.9. The number of carbonyl (C=O) groups excluding carboxylic acids is 1. The third-order valence-corrected chi connectivity index (χ3v) is 4.14. The van der Waals surface area contributed by atoms with Gasteiger partial charge in [0, 0.05) is 19.5 Å². The van der Waals surface area contributed by atoms with E-state index in [-0.39, 0.29) is 12.0 Å². The Morgan fingerprint density at radius 1 is 1.50 bits per heavy atom. The molecule has 6 nitrogen and oxygen atoms in total. The molecule has 20 heavy (non-hydrogen) atoms. The van der Waals surface area contributed by atoms with Crippen molar-refractivity contribution in [3.63, 3.8) is 0 Å². The van der Waals surface area contributed by atoms with Gasteiger partial charge in [0.25, 0.3) is 0 Å². The van der Waals surface area contributed by atoms with Crippen LogP contribution in [0.2, 0.25) is 0 Å². The van der Waals surface area contributed by atoms with Gasteiger partial charge in [-0.15, -0.1) is 0 Å². The van der Waals surface area contributed by atoms with E-state index >= 15 is 0 Å². The molecule has 3 rings (SSSR count). The Hall–Kier alpha value is -1.40. The van der Waals surface area contributed by atoms with Crippen LogP contribution in [0.25, 0.3) is 0 Å². The molecule has 0 bridgehead atoms. The van der Waals surface area contributed by atoms with Gasteiger partial charge in [0.2, 0.25) is 5.91 Å². The van der Waals surface area contributed by atoms with E-state index in [1.54, 1.807) is 0 Å². The molecule has 2 aliphatic rings. The topological polar surface area (TPSA) is 72.5 Å². The highest BCUT2D eigenvalue weighted by Crippen LogP contribution is 2.17. The summed E-state index contributed by atoms with van der Waals surface area (Å²) in [4.78, 5) is 24.0. The van der Waals surface area contributed by atoms with Gasteiger partial charge in [-0.1, -0.05) is 0 Å². The van der Waals surface area contributed by atoms with E-state index in [1.165, 1.54) is 0 Å². The van der Waals surface area contributed by atoms with Crippen molar-refractivity contribution < 1.29 is 9.90 Å². The molecule has 1 saturated heterocycles. The minimum absolute atomic E-state index is 0.150. The van der Waals surface area contributed by atoms with Gasteiger partial charge < -0.3 is 15.0 Å². The lowest BCUT2D eigenvalue weighted by atomic mass is 10.1. The number of hydrogen-bond acceptors (Lipinski definition) is 4. The number of imidazole rings is 1. The van der Waals surface area contributed by atoms with E-state index < -0.39 is 0 Å². The molecule has 0 saturated carbocycles. The third-order valence-electron chi connectivity index (χ3n) is 4.14. The fourth-order valence-electron chi connectivity index (χ4n) is 3.12. The van der Waals surface area contributed by atoms with Crippen molar-refractivity contribution in [3.05, 3.63) is 17.2 Å². The number of likely N-dealkylation sites (tertiary alicyclic amines) is 1. The summed E-state index contributed by atoms with van der Waals surface area (Å²) in [6.45, 7) is 5.26. The minimum atomic E-state index is -0.278. The molecule has 0 spiro atoms. The molecular weight excluding hydrogens is 256 g/mol. The molecule has 2 N–H and O–H groups in total. The predicted octanol–water partition coefficient (Wildman–Crippen LogP) is 0.0595. The van der Waals surface area contributed by atoms with Gasteiger partial charge in [-0.05, 0) is 26.3 Å². The van der Waals surface area contributed by atoms with E-state index in [2.05, 4.69) is 14.9 Å². The molecule has 0 aromatic carbocycles. The molecule has 2 aliphatic heterocycles. The highest BCUT2D eigenvalue weighted by Gasteiger charge is 2.26. The number of aliphatic hydroxyl groups excluding tert-OH is 1. The van der Waals surface area contributed by atoms with Gasteiger partial charge >= 0.3 is 0 Å². The number of H-pyrrole nitrogens is 1. The number of carbonyl (C=O) groups is 1. The maximum atomic E-state index is 12.4. The number of aryl methyl sites for hydroxylation is 1. The summed E-state index contributed by atoms with van der Waals surface area (Å²) < 4.78 is 0. The van der Waals surface area contributed by atoms with Crippen LogP contribution in [0.1, 0.15) is 30.1 Å². The standard InChI is InChI=1S/C14H22N4O2/c1-10-15-12-4-6-18(8-13(12)16-10)14(20)9-17-5-2-3-11(19)7-17/h11,19H,2-9H2,1H3,(H,15,16). The molecule has 1 aromatic rings. The zero-order chi connectivity index (χ0) is 14.1. The molecule has 1 aromatic heterocycles. The van der Waals surface area contributed by atoms with Crippen LogP contribution < -0.4 is 0 Å². The van der Waals surface area contributed by atoms with Crippen LogP contribution in [0.4, 0.5) is 0 Å². The number of amides is 1. The summed E-state index contributed by atoms with van der Waals surface area (Å²) in [6.07, 6.45) is 2.37. The summed E-state index contributed by atoms with van der Waals surface area (Å²) in [6, 6.07) is 0. The molecule has 1 atom stereocenters. The number of nitrogens with zero attached hydrogens (tertiary/aromatic N) is 3. The van der Waals surface area contributed by atoms with E-state index in [4.69, 9.17) is 0 Å². The number of fused-ring (bicyclic) bond motifs is 1. The van der Waals surface area contributed by atoms with Crippen LogP contribution in [0.5, 0.6) is 0 Å². The Morgan fingerprint density at radius 3 is 3.15 bits per heavy atom. The van der Waals surface area contributed by atoms with Crippen LogP contribution in [0, 0.1) is 6.92 Å². The van der Waals surface area contributed by atoms with Crippen molar-refractivity contribution in [2.45, 2.75) is 38.8 Å². The van der Waals surface area contributed by atoms with Crippen molar-refractivity contribution in [1.29, 1.82) is 0 Å². The van der Waals surface area contributed by atoms with Gasteiger partial charge in [-0.2, -0.15) is 0 Å². The molecule has 1 unspecified atom stereocenters. The first kappa shape index (κ1) is 13.6. The van der Waals surface area contributed by atoms with E-state index in [1.807, 2.05) is 11.8 Å². The normalized spacial score (nSPS) is 23.7. The summed E-state index contributed by atoms with van der Waals surface area (Å²) in [5.74, 6) is 1.07. The van der Waals surface area contributed by atoms with Crippen LogP contribution in [-0.4, -0.2) is 63.1 Å². The van der Waals surface area contributed by atoms with E-state index in [0.717, 1.165) is 49.6 Å². The van der Waals surface area contributed by atoms with E-state index in [9.17, 15) is 9.90 Å². The quantitative estimate of drug-likeness (QED) is 0.802. The molecule has 1 amide bonds. The first-order chi connectivity index (χ1) is 9.61. The van der Waals surface area contributed by atoms with Gasteiger partial charge in [0.05, 0.1) is 30.6 Å².